The first kappa shape index (κ1) is 11.3. The lowest BCUT2D eigenvalue weighted by atomic mass is 9.97. The fourth-order valence-corrected chi connectivity index (χ4v) is 3.04. The summed E-state index contributed by atoms with van der Waals surface area (Å²) < 4.78 is 0. The van der Waals surface area contributed by atoms with Crippen LogP contribution in [0.2, 0.25) is 0 Å². The molecular weight excluding hydrogens is 242 g/mol. The van der Waals surface area contributed by atoms with Crippen LogP contribution in [0.4, 0.5) is 0 Å². The topological polar surface area (TPSA) is 12.0 Å². The summed E-state index contributed by atoms with van der Waals surface area (Å²) in [6.07, 6.45) is 11.3. The number of fused-ring (bicyclic) bond motifs is 3. The van der Waals surface area contributed by atoms with Crippen molar-refractivity contribution in [2.24, 2.45) is 0 Å². The molecule has 2 aromatic rings. The van der Waals surface area contributed by atoms with Gasteiger partial charge in [0.05, 0.1) is 0 Å². The van der Waals surface area contributed by atoms with Gasteiger partial charge in [-0.05, 0) is 40.8 Å². The number of hydrogen-bond donors (Lipinski definition) is 1. The Bertz CT molecular complexity index is 763. The molecule has 1 heteroatoms. The van der Waals surface area contributed by atoms with E-state index < -0.39 is 0 Å². The third-order valence-corrected chi connectivity index (χ3v) is 3.93. The molecule has 96 valence electrons. The molecule has 2 aliphatic rings. The molecule has 0 bridgehead atoms. The van der Waals surface area contributed by atoms with Crippen LogP contribution in [0.3, 0.4) is 0 Å². The van der Waals surface area contributed by atoms with Crippen LogP contribution in [0.1, 0.15) is 16.7 Å². The molecule has 4 rings (SSSR count). The Balaban J connectivity index is 1.93. The molecule has 1 nitrogen and oxygen atoms in total. The van der Waals surface area contributed by atoms with Crippen molar-refractivity contribution in [3.63, 3.8) is 0 Å². The molecule has 20 heavy (non-hydrogen) atoms. The highest BCUT2D eigenvalue weighted by molar-refractivity contribution is 5.88. The SMILES string of the molecule is C1=CC=C(c2cccc3c2-c2ccccc2C3)NC=C1. The summed E-state index contributed by atoms with van der Waals surface area (Å²) in [5, 5.41) is 3.38. The van der Waals surface area contributed by atoms with Crippen LogP contribution in [-0.2, 0) is 6.42 Å². The van der Waals surface area contributed by atoms with Gasteiger partial charge in [0, 0.05) is 17.5 Å². The van der Waals surface area contributed by atoms with Gasteiger partial charge in [-0.1, -0.05) is 54.6 Å². The van der Waals surface area contributed by atoms with Gasteiger partial charge in [-0.2, -0.15) is 0 Å². The maximum Gasteiger partial charge on any atom is 0.0459 e. The summed E-state index contributed by atoms with van der Waals surface area (Å²) in [5.41, 5.74) is 8.04. The third kappa shape index (κ3) is 1.71. The normalized spacial score (nSPS) is 15.1. The van der Waals surface area contributed by atoms with Crippen molar-refractivity contribution < 1.29 is 0 Å². The van der Waals surface area contributed by atoms with E-state index in [1.807, 2.05) is 18.4 Å². The Morgan fingerprint density at radius 2 is 1.60 bits per heavy atom. The van der Waals surface area contributed by atoms with Crippen LogP contribution in [0.15, 0.2) is 73.0 Å². The van der Waals surface area contributed by atoms with Gasteiger partial charge in [0.25, 0.3) is 0 Å². The van der Waals surface area contributed by atoms with Crippen molar-refractivity contribution in [2.45, 2.75) is 6.42 Å². The predicted octanol–water partition coefficient (Wildman–Crippen LogP) is 4.27. The molecule has 0 radical (unpaired) electrons. The van der Waals surface area contributed by atoms with E-state index in [-0.39, 0.29) is 0 Å². The second kappa shape index (κ2) is 4.53. The minimum Gasteiger partial charge on any atom is -0.361 e. The van der Waals surface area contributed by atoms with Crippen LogP contribution >= 0.6 is 0 Å². The van der Waals surface area contributed by atoms with E-state index in [2.05, 4.69) is 59.9 Å². The Morgan fingerprint density at radius 3 is 2.60 bits per heavy atom. The Kier molecular flexibility index (Phi) is 2.56. The van der Waals surface area contributed by atoms with Crippen molar-refractivity contribution in [3.8, 4) is 11.1 Å². The summed E-state index contributed by atoms with van der Waals surface area (Å²) >= 11 is 0. The maximum absolute atomic E-state index is 3.38. The lowest BCUT2D eigenvalue weighted by Gasteiger charge is -2.13. The lowest BCUT2D eigenvalue weighted by Crippen LogP contribution is -2.04. The minimum absolute atomic E-state index is 1.04. The van der Waals surface area contributed by atoms with Crippen molar-refractivity contribution in [1.82, 2.24) is 5.32 Å². The molecular formula is C19H15N. The van der Waals surface area contributed by atoms with Gasteiger partial charge in [-0.25, -0.2) is 0 Å². The molecule has 0 fully saturated rings. The summed E-state index contributed by atoms with van der Waals surface area (Å²) in [6.45, 7) is 0. The van der Waals surface area contributed by atoms with Gasteiger partial charge in [-0.3, -0.25) is 0 Å². The summed E-state index contributed by atoms with van der Waals surface area (Å²) in [7, 11) is 0. The standard InChI is InChI=1S/C19H15N/c1-2-11-18(20-12-5-1)17-10-6-8-15-13-14-7-3-4-9-16(14)19(15)17/h1-12,20H,13H2. The molecule has 0 saturated carbocycles. The minimum atomic E-state index is 1.04. The molecule has 1 heterocycles. The van der Waals surface area contributed by atoms with Gasteiger partial charge in [0.1, 0.15) is 0 Å². The number of nitrogens with one attached hydrogen (secondary N) is 1. The highest BCUT2D eigenvalue weighted by Crippen LogP contribution is 2.40. The van der Waals surface area contributed by atoms with Crippen LogP contribution in [0, 0.1) is 0 Å². The molecule has 1 N–H and O–H groups in total. The Morgan fingerprint density at radius 1 is 0.750 bits per heavy atom. The van der Waals surface area contributed by atoms with Gasteiger partial charge >= 0.3 is 0 Å². The zero-order chi connectivity index (χ0) is 13.4. The molecule has 0 spiro atoms. The molecule has 0 saturated heterocycles. The average molecular weight is 257 g/mol. The van der Waals surface area contributed by atoms with Crippen molar-refractivity contribution in [1.29, 1.82) is 0 Å². The van der Waals surface area contributed by atoms with Gasteiger partial charge in [0.15, 0.2) is 0 Å². The van der Waals surface area contributed by atoms with Crippen molar-refractivity contribution >= 4 is 5.70 Å². The fraction of sp³-hybridized carbons (Fsp3) is 0.0526. The third-order valence-electron chi connectivity index (χ3n) is 3.93. The lowest BCUT2D eigenvalue weighted by molar-refractivity contribution is 1.21. The second-order valence-electron chi connectivity index (χ2n) is 5.14. The van der Waals surface area contributed by atoms with E-state index in [9.17, 15) is 0 Å². The van der Waals surface area contributed by atoms with Crippen LogP contribution in [0.5, 0.6) is 0 Å². The number of rotatable bonds is 1. The highest BCUT2D eigenvalue weighted by atomic mass is 14.8. The monoisotopic (exact) mass is 257 g/mol. The molecule has 0 atom stereocenters. The highest BCUT2D eigenvalue weighted by Gasteiger charge is 2.21. The molecule has 0 aromatic heterocycles. The maximum atomic E-state index is 3.38. The molecule has 0 unspecified atom stereocenters. The van der Waals surface area contributed by atoms with Crippen LogP contribution in [-0.4, -0.2) is 0 Å². The fourth-order valence-electron chi connectivity index (χ4n) is 3.04. The summed E-state index contributed by atoms with van der Waals surface area (Å²) in [4.78, 5) is 0. The molecule has 0 amide bonds. The average Bonchev–Trinajstić information content (AvgIpc) is 2.68. The van der Waals surface area contributed by atoms with E-state index in [1.165, 1.54) is 27.8 Å². The van der Waals surface area contributed by atoms with E-state index in [4.69, 9.17) is 0 Å². The summed E-state index contributed by atoms with van der Waals surface area (Å²) in [6, 6.07) is 15.3. The molecule has 2 aromatic carbocycles. The van der Waals surface area contributed by atoms with E-state index in [0.29, 0.717) is 0 Å². The Hall–Kier alpha value is -2.54. The smallest absolute Gasteiger partial charge is 0.0459 e. The number of hydrogen-bond acceptors (Lipinski definition) is 1. The van der Waals surface area contributed by atoms with Crippen molar-refractivity contribution in [3.05, 3.63) is 89.7 Å². The van der Waals surface area contributed by atoms with E-state index in [1.54, 1.807) is 0 Å². The van der Waals surface area contributed by atoms with Crippen molar-refractivity contribution in [2.75, 3.05) is 0 Å². The zero-order valence-electron chi connectivity index (χ0n) is 11.1. The molecule has 1 aliphatic carbocycles. The first-order valence-corrected chi connectivity index (χ1v) is 6.94. The first-order valence-electron chi connectivity index (χ1n) is 6.94. The Labute approximate surface area is 119 Å². The quantitative estimate of drug-likeness (QED) is 0.686. The second-order valence-corrected chi connectivity index (χ2v) is 5.14. The van der Waals surface area contributed by atoms with Gasteiger partial charge in [0.2, 0.25) is 0 Å². The van der Waals surface area contributed by atoms with E-state index >= 15 is 0 Å². The number of benzene rings is 2. The summed E-state index contributed by atoms with van der Waals surface area (Å²) in [5.74, 6) is 0. The van der Waals surface area contributed by atoms with Crippen LogP contribution < -0.4 is 5.32 Å². The van der Waals surface area contributed by atoms with Gasteiger partial charge in [-0.15, -0.1) is 0 Å². The molecule has 1 aliphatic heterocycles. The first-order chi connectivity index (χ1) is 9.93. The predicted molar refractivity (Wildman–Crippen MR) is 84.1 cm³/mol. The largest absolute Gasteiger partial charge is 0.361 e. The van der Waals surface area contributed by atoms with Crippen LogP contribution in [0.25, 0.3) is 16.8 Å². The van der Waals surface area contributed by atoms with E-state index in [0.717, 1.165) is 12.1 Å². The van der Waals surface area contributed by atoms with Gasteiger partial charge < -0.3 is 5.32 Å². The number of allylic oxidation sites excluding steroid dienone is 4. The zero-order valence-corrected chi connectivity index (χ0v) is 11.1.